The van der Waals surface area contributed by atoms with Crippen LogP contribution in [0.1, 0.15) is 6.42 Å². The molecule has 0 aliphatic heterocycles. The van der Waals surface area contributed by atoms with Gasteiger partial charge in [0.05, 0.1) is 6.42 Å². The molecule has 7 heavy (non-hydrogen) atoms. The van der Waals surface area contributed by atoms with Crippen LogP contribution in [0.15, 0.2) is 11.5 Å². The number of ketones is 1. The fraction of sp³-hybridized carbons (Fsp3) is 0.250. The molecule has 38 valence electrons. The highest BCUT2D eigenvalue weighted by Gasteiger charge is 2.25. The van der Waals surface area contributed by atoms with Crippen molar-refractivity contribution < 1.29 is 15.0 Å². The summed E-state index contributed by atoms with van der Waals surface area (Å²) in [5.41, 5.74) is 0. The number of aliphatic hydroxyl groups is 2. The van der Waals surface area contributed by atoms with Gasteiger partial charge >= 0.3 is 0 Å². The Bertz CT molecular complexity index is 145. The average molecular weight is 100 g/mol. The highest BCUT2D eigenvalue weighted by atomic mass is 16.3. The fourth-order valence-electron chi connectivity index (χ4n) is 0.374. The second-order valence-corrected chi connectivity index (χ2v) is 1.40. The van der Waals surface area contributed by atoms with Crippen molar-refractivity contribution in [1.82, 2.24) is 0 Å². The monoisotopic (exact) mass is 100 g/mol. The minimum atomic E-state index is -0.472. The van der Waals surface area contributed by atoms with Gasteiger partial charge in [0, 0.05) is 0 Å². The Morgan fingerprint density at radius 1 is 1.43 bits per heavy atom. The van der Waals surface area contributed by atoms with E-state index in [2.05, 4.69) is 0 Å². The van der Waals surface area contributed by atoms with Gasteiger partial charge in [0.15, 0.2) is 5.76 Å². The minimum absolute atomic E-state index is 0.00579. The normalized spacial score (nSPS) is 19.7. The SMILES string of the molecule is O=C1CC(O)=C1O. The van der Waals surface area contributed by atoms with Gasteiger partial charge in [-0.15, -0.1) is 0 Å². The molecule has 0 aromatic rings. The lowest BCUT2D eigenvalue weighted by Gasteiger charge is -2.09. The second kappa shape index (κ2) is 0.992. The van der Waals surface area contributed by atoms with Crippen molar-refractivity contribution in [3.05, 3.63) is 11.5 Å². The molecule has 1 aliphatic rings. The van der Waals surface area contributed by atoms with Crippen LogP contribution in [-0.4, -0.2) is 16.0 Å². The summed E-state index contributed by atoms with van der Waals surface area (Å²) < 4.78 is 0. The summed E-state index contributed by atoms with van der Waals surface area (Å²) in [5, 5.41) is 16.6. The van der Waals surface area contributed by atoms with Gasteiger partial charge in [-0.3, -0.25) is 4.79 Å². The molecule has 0 amide bonds. The number of Topliss-reactive ketones (excluding diaryl/α,β-unsaturated/α-hetero) is 1. The van der Waals surface area contributed by atoms with Crippen molar-refractivity contribution in [2.45, 2.75) is 6.42 Å². The van der Waals surface area contributed by atoms with E-state index >= 15 is 0 Å². The van der Waals surface area contributed by atoms with Crippen LogP contribution in [0.5, 0.6) is 0 Å². The van der Waals surface area contributed by atoms with E-state index in [9.17, 15) is 4.79 Å². The van der Waals surface area contributed by atoms with Gasteiger partial charge in [-0.1, -0.05) is 0 Å². The Kier molecular flexibility index (Phi) is 0.592. The van der Waals surface area contributed by atoms with Crippen molar-refractivity contribution in [2.24, 2.45) is 0 Å². The Morgan fingerprint density at radius 2 is 2.00 bits per heavy atom. The van der Waals surface area contributed by atoms with Gasteiger partial charge in [0.25, 0.3) is 0 Å². The summed E-state index contributed by atoms with van der Waals surface area (Å²) in [6, 6.07) is 0. The van der Waals surface area contributed by atoms with E-state index in [0.717, 1.165) is 0 Å². The lowest BCUT2D eigenvalue weighted by molar-refractivity contribution is -0.120. The Hall–Kier alpha value is -0.990. The number of carbonyl (C=O) groups excluding carboxylic acids is 1. The van der Waals surface area contributed by atoms with Crippen LogP contribution < -0.4 is 0 Å². The maximum Gasteiger partial charge on any atom is 0.208 e. The predicted molar refractivity (Wildman–Crippen MR) is 21.9 cm³/mol. The summed E-state index contributed by atoms with van der Waals surface area (Å²) in [7, 11) is 0. The van der Waals surface area contributed by atoms with Crippen LogP contribution >= 0.6 is 0 Å². The van der Waals surface area contributed by atoms with Gasteiger partial charge in [0.2, 0.25) is 5.78 Å². The van der Waals surface area contributed by atoms with Crippen LogP contribution in [0.25, 0.3) is 0 Å². The molecule has 1 aliphatic carbocycles. The maximum atomic E-state index is 9.97. The maximum absolute atomic E-state index is 9.97. The van der Waals surface area contributed by atoms with Crippen molar-refractivity contribution in [2.75, 3.05) is 0 Å². The number of allylic oxidation sites excluding steroid dienone is 2. The number of rotatable bonds is 0. The van der Waals surface area contributed by atoms with E-state index < -0.39 is 5.76 Å². The Morgan fingerprint density at radius 3 is 2.00 bits per heavy atom. The molecular weight excluding hydrogens is 96.0 g/mol. The molecule has 0 heterocycles. The van der Waals surface area contributed by atoms with Crippen LogP contribution in [0.2, 0.25) is 0 Å². The summed E-state index contributed by atoms with van der Waals surface area (Å²) >= 11 is 0. The van der Waals surface area contributed by atoms with E-state index in [0.29, 0.717) is 0 Å². The van der Waals surface area contributed by atoms with Crippen molar-refractivity contribution in [3.8, 4) is 0 Å². The second-order valence-electron chi connectivity index (χ2n) is 1.40. The van der Waals surface area contributed by atoms with Crippen LogP contribution in [-0.2, 0) is 4.79 Å². The third kappa shape index (κ3) is 0.374. The first-order valence-corrected chi connectivity index (χ1v) is 1.86. The molecule has 0 saturated heterocycles. The molecule has 0 atom stereocenters. The predicted octanol–water partition coefficient (Wildman–Crippen LogP) is 0.287. The average Bonchev–Trinajstić information content (AvgIpc) is 1.68. The Balaban J connectivity index is 2.85. The van der Waals surface area contributed by atoms with E-state index in [4.69, 9.17) is 10.2 Å². The molecule has 3 nitrogen and oxygen atoms in total. The van der Waals surface area contributed by atoms with Crippen molar-refractivity contribution in [3.63, 3.8) is 0 Å². The molecule has 0 fully saturated rings. The molecule has 3 heteroatoms. The zero-order valence-electron chi connectivity index (χ0n) is 3.51. The molecule has 1 rings (SSSR count). The molecule has 0 bridgehead atoms. The van der Waals surface area contributed by atoms with Crippen LogP contribution in [0.4, 0.5) is 0 Å². The fourth-order valence-corrected chi connectivity index (χ4v) is 0.374. The summed E-state index contributed by atoms with van der Waals surface area (Å²) in [4.78, 5) is 9.97. The summed E-state index contributed by atoms with van der Waals surface area (Å²) in [6.07, 6.45) is 0.00579. The number of aliphatic hydroxyl groups excluding tert-OH is 2. The van der Waals surface area contributed by atoms with Gasteiger partial charge < -0.3 is 10.2 Å². The third-order valence-electron chi connectivity index (χ3n) is 0.865. The lowest BCUT2D eigenvalue weighted by atomic mass is 10.0. The summed E-state index contributed by atoms with van der Waals surface area (Å²) in [6.45, 7) is 0. The third-order valence-corrected chi connectivity index (χ3v) is 0.865. The first-order valence-electron chi connectivity index (χ1n) is 1.86. The van der Waals surface area contributed by atoms with Crippen molar-refractivity contribution >= 4 is 5.78 Å². The van der Waals surface area contributed by atoms with E-state index in [-0.39, 0.29) is 18.0 Å². The zero-order chi connectivity index (χ0) is 5.44. The topological polar surface area (TPSA) is 57.5 Å². The van der Waals surface area contributed by atoms with Gasteiger partial charge in [-0.05, 0) is 0 Å². The highest BCUT2D eigenvalue weighted by Crippen LogP contribution is 2.17. The number of carbonyl (C=O) groups is 1. The van der Waals surface area contributed by atoms with E-state index in [1.165, 1.54) is 0 Å². The smallest absolute Gasteiger partial charge is 0.208 e. The number of hydrogen-bond acceptors (Lipinski definition) is 3. The molecule has 0 radical (unpaired) electrons. The number of hydrogen-bond donors (Lipinski definition) is 2. The van der Waals surface area contributed by atoms with Gasteiger partial charge in [0.1, 0.15) is 5.76 Å². The largest absolute Gasteiger partial charge is 0.508 e. The Labute approximate surface area is 39.9 Å². The molecule has 0 aromatic heterocycles. The summed E-state index contributed by atoms with van der Waals surface area (Å²) in [5.74, 6) is -1.04. The standard InChI is InChI=1S/C4H4O3/c5-2-1-3(6)4(2)7/h5,7H,1H2. The molecule has 2 N–H and O–H groups in total. The van der Waals surface area contributed by atoms with Gasteiger partial charge in [-0.2, -0.15) is 0 Å². The van der Waals surface area contributed by atoms with E-state index in [1.54, 1.807) is 0 Å². The van der Waals surface area contributed by atoms with Crippen LogP contribution in [0, 0.1) is 0 Å². The van der Waals surface area contributed by atoms with Crippen molar-refractivity contribution in [1.29, 1.82) is 0 Å². The van der Waals surface area contributed by atoms with Gasteiger partial charge in [-0.25, -0.2) is 0 Å². The zero-order valence-corrected chi connectivity index (χ0v) is 3.51. The molecule has 0 aromatic carbocycles. The molecule has 0 unspecified atom stereocenters. The molecular formula is C4H4O3. The van der Waals surface area contributed by atoms with E-state index in [1.807, 2.05) is 0 Å². The first-order chi connectivity index (χ1) is 3.22. The minimum Gasteiger partial charge on any atom is -0.508 e. The highest BCUT2D eigenvalue weighted by molar-refractivity contribution is 6.01. The molecule has 0 spiro atoms. The molecule has 0 saturated carbocycles. The first kappa shape index (κ1) is 4.18. The lowest BCUT2D eigenvalue weighted by Crippen LogP contribution is -2.16. The van der Waals surface area contributed by atoms with Crippen LogP contribution in [0.3, 0.4) is 0 Å². The quantitative estimate of drug-likeness (QED) is 0.460.